The van der Waals surface area contributed by atoms with Gasteiger partial charge in [0, 0.05) is 11.9 Å². The maximum absolute atomic E-state index is 4.01. The zero-order valence-electron chi connectivity index (χ0n) is 9.15. The molecule has 84 valence electrons. The van der Waals surface area contributed by atoms with Crippen molar-refractivity contribution in [3.8, 4) is 0 Å². The lowest BCUT2D eigenvalue weighted by Gasteiger charge is -2.28. The first-order valence-corrected chi connectivity index (χ1v) is 6.33. The van der Waals surface area contributed by atoms with Crippen molar-refractivity contribution < 1.29 is 0 Å². The lowest BCUT2D eigenvalue weighted by atomic mass is 9.97. The number of piperidine rings is 1. The van der Waals surface area contributed by atoms with Crippen molar-refractivity contribution in [3.05, 3.63) is 11.1 Å². The molecule has 1 aliphatic rings. The third-order valence-corrected chi connectivity index (χ3v) is 3.54. The molecule has 0 atom stereocenters. The van der Waals surface area contributed by atoms with Crippen molar-refractivity contribution in [2.75, 3.05) is 26.7 Å². The summed E-state index contributed by atoms with van der Waals surface area (Å²) in [5.41, 5.74) is 1.06. The van der Waals surface area contributed by atoms with Gasteiger partial charge in [0.1, 0.15) is 0 Å². The van der Waals surface area contributed by atoms with Gasteiger partial charge in [0.15, 0.2) is 0 Å². The highest BCUT2D eigenvalue weighted by molar-refractivity contribution is 7.03. The van der Waals surface area contributed by atoms with Crippen molar-refractivity contribution >= 4 is 11.5 Å². The van der Waals surface area contributed by atoms with Crippen LogP contribution in [0.15, 0.2) is 5.38 Å². The molecule has 2 heterocycles. The van der Waals surface area contributed by atoms with Crippen LogP contribution in [0.1, 0.15) is 18.5 Å². The average molecular weight is 226 g/mol. The summed E-state index contributed by atoms with van der Waals surface area (Å²) in [7, 11) is 2.20. The Balaban J connectivity index is 1.62. The van der Waals surface area contributed by atoms with Gasteiger partial charge >= 0.3 is 0 Å². The van der Waals surface area contributed by atoms with Gasteiger partial charge in [-0.2, -0.15) is 0 Å². The summed E-state index contributed by atoms with van der Waals surface area (Å²) in [5, 5.41) is 9.47. The first-order valence-electron chi connectivity index (χ1n) is 5.50. The van der Waals surface area contributed by atoms with E-state index < -0.39 is 0 Å². The maximum Gasteiger partial charge on any atom is 0.0893 e. The second-order valence-electron chi connectivity index (χ2n) is 4.27. The molecule has 0 aromatic carbocycles. The van der Waals surface area contributed by atoms with Crippen molar-refractivity contribution in [2.24, 2.45) is 5.92 Å². The summed E-state index contributed by atoms with van der Waals surface area (Å²) in [6, 6.07) is 0. The molecule has 5 heteroatoms. The summed E-state index contributed by atoms with van der Waals surface area (Å²) >= 11 is 1.42. The lowest BCUT2D eigenvalue weighted by molar-refractivity contribution is 0.216. The minimum atomic E-state index is 0.841. The second kappa shape index (κ2) is 5.53. The predicted octanol–water partition coefficient (Wildman–Crippen LogP) is 0.969. The Bertz CT molecular complexity index is 267. The molecule has 1 aromatic rings. The van der Waals surface area contributed by atoms with Gasteiger partial charge in [0.2, 0.25) is 0 Å². The fourth-order valence-corrected chi connectivity index (χ4v) is 2.38. The van der Waals surface area contributed by atoms with Gasteiger partial charge in [-0.25, -0.2) is 0 Å². The van der Waals surface area contributed by atoms with Crippen molar-refractivity contribution in [1.82, 2.24) is 19.8 Å². The third-order valence-electron chi connectivity index (χ3n) is 2.98. The smallest absolute Gasteiger partial charge is 0.0893 e. The highest BCUT2D eigenvalue weighted by atomic mass is 32.1. The molecule has 1 fully saturated rings. The van der Waals surface area contributed by atoms with Crippen LogP contribution in [0, 0.1) is 5.92 Å². The zero-order chi connectivity index (χ0) is 10.5. The van der Waals surface area contributed by atoms with Gasteiger partial charge in [-0.1, -0.05) is 4.49 Å². The molecule has 0 spiro atoms. The standard InChI is InChI=1S/C10H18N4S/c1-14-4-2-9(3-5-14)6-11-7-10-8-15-13-12-10/h8-9,11H,2-7H2,1H3. The van der Waals surface area contributed by atoms with Crippen LogP contribution in [0.3, 0.4) is 0 Å². The quantitative estimate of drug-likeness (QED) is 0.830. The molecule has 0 aliphatic carbocycles. The molecule has 0 unspecified atom stereocenters. The van der Waals surface area contributed by atoms with Gasteiger partial charge in [-0.15, -0.1) is 5.10 Å². The molecule has 1 aromatic heterocycles. The van der Waals surface area contributed by atoms with Crippen molar-refractivity contribution in [2.45, 2.75) is 19.4 Å². The normalized spacial score (nSPS) is 19.5. The summed E-state index contributed by atoms with van der Waals surface area (Å²) in [4.78, 5) is 2.40. The molecular weight excluding hydrogens is 208 g/mol. The molecule has 0 bridgehead atoms. The largest absolute Gasteiger partial charge is 0.311 e. The monoisotopic (exact) mass is 226 g/mol. The fourth-order valence-electron chi connectivity index (χ4n) is 1.93. The third kappa shape index (κ3) is 3.52. The van der Waals surface area contributed by atoms with E-state index in [1.165, 1.54) is 37.5 Å². The molecular formula is C10H18N4S. The van der Waals surface area contributed by atoms with E-state index in [0.29, 0.717) is 0 Å². The zero-order valence-corrected chi connectivity index (χ0v) is 9.96. The maximum atomic E-state index is 4.01. The molecule has 0 saturated carbocycles. The summed E-state index contributed by atoms with van der Waals surface area (Å²) in [6.07, 6.45) is 2.64. The van der Waals surface area contributed by atoms with E-state index in [0.717, 1.165) is 24.7 Å². The highest BCUT2D eigenvalue weighted by Gasteiger charge is 2.15. The number of aromatic nitrogens is 2. The van der Waals surface area contributed by atoms with Crippen LogP contribution in [0.4, 0.5) is 0 Å². The van der Waals surface area contributed by atoms with Crippen LogP contribution in [0.5, 0.6) is 0 Å². The Morgan fingerprint density at radius 3 is 3.00 bits per heavy atom. The van der Waals surface area contributed by atoms with Crippen LogP contribution >= 0.6 is 11.5 Å². The van der Waals surface area contributed by atoms with Gasteiger partial charge in [-0.3, -0.25) is 0 Å². The van der Waals surface area contributed by atoms with Gasteiger partial charge in [0.05, 0.1) is 5.69 Å². The van der Waals surface area contributed by atoms with Crippen LogP contribution in [0.25, 0.3) is 0 Å². The topological polar surface area (TPSA) is 41.0 Å². The predicted molar refractivity (Wildman–Crippen MR) is 61.8 cm³/mol. The number of likely N-dealkylation sites (tertiary alicyclic amines) is 1. The Morgan fingerprint density at radius 1 is 1.53 bits per heavy atom. The Labute approximate surface area is 94.8 Å². The van der Waals surface area contributed by atoms with Crippen LogP contribution in [-0.2, 0) is 6.54 Å². The van der Waals surface area contributed by atoms with Crippen LogP contribution in [-0.4, -0.2) is 41.2 Å². The highest BCUT2D eigenvalue weighted by Crippen LogP contribution is 2.14. The minimum Gasteiger partial charge on any atom is -0.311 e. The molecule has 2 rings (SSSR count). The Morgan fingerprint density at radius 2 is 2.33 bits per heavy atom. The fraction of sp³-hybridized carbons (Fsp3) is 0.800. The van der Waals surface area contributed by atoms with Crippen LogP contribution in [0.2, 0.25) is 0 Å². The number of nitrogens with one attached hydrogen (secondary N) is 1. The van der Waals surface area contributed by atoms with E-state index in [-0.39, 0.29) is 0 Å². The van der Waals surface area contributed by atoms with E-state index in [2.05, 4.69) is 26.9 Å². The SMILES string of the molecule is CN1CCC(CNCc2csnn2)CC1. The lowest BCUT2D eigenvalue weighted by Crippen LogP contribution is -2.34. The first-order chi connectivity index (χ1) is 7.34. The number of rotatable bonds is 4. The van der Waals surface area contributed by atoms with Crippen molar-refractivity contribution in [3.63, 3.8) is 0 Å². The van der Waals surface area contributed by atoms with E-state index in [1.807, 2.05) is 5.38 Å². The van der Waals surface area contributed by atoms with Crippen LogP contribution < -0.4 is 5.32 Å². The summed E-state index contributed by atoms with van der Waals surface area (Å²) < 4.78 is 3.84. The van der Waals surface area contributed by atoms with E-state index in [4.69, 9.17) is 0 Å². The van der Waals surface area contributed by atoms with E-state index >= 15 is 0 Å². The van der Waals surface area contributed by atoms with Gasteiger partial charge in [-0.05, 0) is 57.0 Å². The van der Waals surface area contributed by atoms with Crippen molar-refractivity contribution in [1.29, 1.82) is 0 Å². The number of hydrogen-bond donors (Lipinski definition) is 1. The number of hydrogen-bond acceptors (Lipinski definition) is 5. The summed E-state index contributed by atoms with van der Waals surface area (Å²) in [5.74, 6) is 0.841. The van der Waals surface area contributed by atoms with E-state index in [1.54, 1.807) is 0 Å². The van der Waals surface area contributed by atoms with Gasteiger partial charge in [0.25, 0.3) is 0 Å². The average Bonchev–Trinajstić information content (AvgIpc) is 2.74. The molecule has 0 amide bonds. The molecule has 1 saturated heterocycles. The molecule has 1 aliphatic heterocycles. The summed E-state index contributed by atoms with van der Waals surface area (Å²) in [6.45, 7) is 4.46. The first kappa shape index (κ1) is 11.0. The molecule has 4 nitrogen and oxygen atoms in total. The Kier molecular flexibility index (Phi) is 4.05. The Hall–Kier alpha value is -0.520. The number of nitrogens with zero attached hydrogens (tertiary/aromatic N) is 3. The molecule has 1 N–H and O–H groups in total. The molecule has 15 heavy (non-hydrogen) atoms. The minimum absolute atomic E-state index is 0.841. The van der Waals surface area contributed by atoms with Gasteiger partial charge < -0.3 is 10.2 Å². The van der Waals surface area contributed by atoms with E-state index in [9.17, 15) is 0 Å². The second-order valence-corrected chi connectivity index (χ2v) is 4.88. The molecule has 0 radical (unpaired) electrons.